The van der Waals surface area contributed by atoms with Crippen LogP contribution in [0.4, 0.5) is 9.52 Å². The van der Waals surface area contributed by atoms with E-state index in [1.54, 1.807) is 17.0 Å². The van der Waals surface area contributed by atoms with E-state index in [0.29, 0.717) is 30.3 Å². The predicted molar refractivity (Wildman–Crippen MR) is 108 cm³/mol. The van der Waals surface area contributed by atoms with Crippen molar-refractivity contribution in [3.8, 4) is 0 Å². The largest absolute Gasteiger partial charge is 0.337 e. The summed E-state index contributed by atoms with van der Waals surface area (Å²) in [7, 11) is 0. The van der Waals surface area contributed by atoms with Crippen LogP contribution in [-0.2, 0) is 11.2 Å². The number of anilines is 1. The molecule has 1 fully saturated rings. The molecular weight excluding hydrogens is 379 g/mol. The quantitative estimate of drug-likeness (QED) is 0.832. The number of rotatable bonds is 5. The number of nitrogens with zero attached hydrogens (tertiary/aromatic N) is 3. The lowest BCUT2D eigenvalue weighted by molar-refractivity contribution is -0.117. The zero-order chi connectivity index (χ0) is 20.1. The molecule has 1 saturated heterocycles. The Kier molecular flexibility index (Phi) is 6.74. The summed E-state index contributed by atoms with van der Waals surface area (Å²) in [6.07, 6.45) is 1.62. The van der Waals surface area contributed by atoms with Crippen LogP contribution in [0.25, 0.3) is 0 Å². The van der Waals surface area contributed by atoms with E-state index in [2.05, 4.69) is 10.3 Å². The number of thiazole rings is 1. The Balaban J connectivity index is 1.53. The van der Waals surface area contributed by atoms with Gasteiger partial charge in [-0.05, 0) is 38.0 Å². The van der Waals surface area contributed by atoms with Crippen LogP contribution in [-0.4, -0.2) is 59.3 Å². The zero-order valence-corrected chi connectivity index (χ0v) is 17.0. The minimum atomic E-state index is -0.414. The van der Waals surface area contributed by atoms with E-state index >= 15 is 0 Å². The molecule has 0 aliphatic carbocycles. The van der Waals surface area contributed by atoms with E-state index in [9.17, 15) is 14.0 Å². The maximum Gasteiger partial charge on any atom is 0.254 e. The maximum atomic E-state index is 13.4. The van der Waals surface area contributed by atoms with Gasteiger partial charge in [0, 0.05) is 36.6 Å². The number of hydrogen-bond acceptors (Lipinski definition) is 5. The molecule has 1 aliphatic heterocycles. The minimum Gasteiger partial charge on any atom is -0.337 e. The van der Waals surface area contributed by atoms with Gasteiger partial charge in [-0.2, -0.15) is 0 Å². The zero-order valence-electron chi connectivity index (χ0n) is 16.2. The maximum absolute atomic E-state index is 13.4. The van der Waals surface area contributed by atoms with Crippen LogP contribution in [0.3, 0.4) is 0 Å². The fraction of sp³-hybridized carbons (Fsp3) is 0.450. The van der Waals surface area contributed by atoms with Gasteiger partial charge in [0.25, 0.3) is 5.91 Å². The Morgan fingerprint density at radius 3 is 2.79 bits per heavy atom. The summed E-state index contributed by atoms with van der Waals surface area (Å²) in [6.45, 7) is 6.76. The van der Waals surface area contributed by atoms with Crippen molar-refractivity contribution in [2.24, 2.45) is 0 Å². The van der Waals surface area contributed by atoms with Gasteiger partial charge in [0.2, 0.25) is 5.91 Å². The number of hydrogen-bond donors (Lipinski definition) is 1. The van der Waals surface area contributed by atoms with Crippen LogP contribution in [0.1, 0.15) is 34.3 Å². The highest BCUT2D eigenvalue weighted by Crippen LogP contribution is 2.22. The highest BCUT2D eigenvalue weighted by atomic mass is 32.1. The van der Waals surface area contributed by atoms with Crippen LogP contribution < -0.4 is 5.32 Å². The molecule has 0 atom stereocenters. The first kappa shape index (κ1) is 20.4. The summed E-state index contributed by atoms with van der Waals surface area (Å²) < 4.78 is 13.4. The number of aromatic nitrogens is 1. The van der Waals surface area contributed by atoms with Gasteiger partial charge in [0.15, 0.2) is 5.13 Å². The van der Waals surface area contributed by atoms with Gasteiger partial charge in [-0.15, -0.1) is 11.3 Å². The number of nitrogens with one attached hydrogen (secondary N) is 1. The smallest absolute Gasteiger partial charge is 0.254 e. The van der Waals surface area contributed by atoms with Gasteiger partial charge in [-0.3, -0.25) is 14.5 Å². The first-order chi connectivity index (χ1) is 13.5. The van der Waals surface area contributed by atoms with Crippen molar-refractivity contribution < 1.29 is 14.0 Å². The number of carbonyl (C=O) groups is 2. The third-order valence-electron chi connectivity index (χ3n) is 4.79. The Labute approximate surface area is 168 Å². The molecule has 1 N–H and O–H groups in total. The molecule has 2 heterocycles. The molecule has 150 valence electrons. The number of benzene rings is 1. The monoisotopic (exact) mass is 404 g/mol. The first-order valence-corrected chi connectivity index (χ1v) is 10.3. The number of carbonyl (C=O) groups excluding carboxylic acids is 2. The fourth-order valence-corrected chi connectivity index (χ4v) is 4.23. The average Bonchev–Trinajstić information content (AvgIpc) is 2.86. The number of halogens is 1. The summed E-state index contributed by atoms with van der Waals surface area (Å²) >= 11 is 1.49. The van der Waals surface area contributed by atoms with Crippen LogP contribution >= 0.6 is 11.3 Å². The van der Waals surface area contributed by atoms with Crippen LogP contribution in [0.5, 0.6) is 0 Å². The molecule has 8 heteroatoms. The normalized spacial score (nSPS) is 15.3. The van der Waals surface area contributed by atoms with Crippen molar-refractivity contribution >= 4 is 28.3 Å². The van der Waals surface area contributed by atoms with Gasteiger partial charge in [-0.25, -0.2) is 9.37 Å². The van der Waals surface area contributed by atoms with Crippen molar-refractivity contribution in [2.75, 3.05) is 38.0 Å². The third-order valence-corrected chi connectivity index (χ3v) is 5.72. The Morgan fingerprint density at radius 1 is 1.25 bits per heavy atom. The van der Waals surface area contributed by atoms with E-state index in [4.69, 9.17) is 0 Å². The van der Waals surface area contributed by atoms with E-state index in [0.717, 1.165) is 30.0 Å². The van der Waals surface area contributed by atoms with Crippen molar-refractivity contribution in [1.29, 1.82) is 0 Å². The lowest BCUT2D eigenvalue weighted by Gasteiger charge is -2.21. The van der Waals surface area contributed by atoms with E-state index < -0.39 is 5.82 Å². The molecule has 1 aliphatic rings. The van der Waals surface area contributed by atoms with Crippen molar-refractivity contribution in [2.45, 2.75) is 26.7 Å². The Bertz CT molecular complexity index is 854. The van der Waals surface area contributed by atoms with Crippen LogP contribution in [0.15, 0.2) is 24.3 Å². The van der Waals surface area contributed by atoms with E-state index in [-0.39, 0.29) is 18.4 Å². The van der Waals surface area contributed by atoms with Crippen LogP contribution in [0.2, 0.25) is 0 Å². The molecule has 0 unspecified atom stereocenters. The number of aryl methyl sites for hydroxylation is 2. The van der Waals surface area contributed by atoms with E-state index in [1.165, 1.54) is 23.5 Å². The van der Waals surface area contributed by atoms with Crippen LogP contribution in [0, 0.1) is 12.7 Å². The topological polar surface area (TPSA) is 65.5 Å². The van der Waals surface area contributed by atoms with Gasteiger partial charge < -0.3 is 10.2 Å². The molecule has 2 aromatic rings. The molecule has 1 aromatic heterocycles. The summed E-state index contributed by atoms with van der Waals surface area (Å²) in [5.41, 5.74) is 1.37. The van der Waals surface area contributed by atoms with Gasteiger partial charge in [0.1, 0.15) is 5.82 Å². The van der Waals surface area contributed by atoms with Gasteiger partial charge in [-0.1, -0.05) is 13.0 Å². The highest BCUT2D eigenvalue weighted by molar-refractivity contribution is 7.15. The molecular formula is C20H25FN4O2S. The highest BCUT2D eigenvalue weighted by Gasteiger charge is 2.22. The van der Waals surface area contributed by atoms with E-state index in [1.807, 2.05) is 18.7 Å². The number of amides is 2. The molecule has 0 radical (unpaired) electrons. The predicted octanol–water partition coefficient (Wildman–Crippen LogP) is 2.94. The minimum absolute atomic E-state index is 0.0960. The molecule has 28 heavy (non-hydrogen) atoms. The average molecular weight is 405 g/mol. The first-order valence-electron chi connectivity index (χ1n) is 9.49. The van der Waals surface area contributed by atoms with Crippen molar-refractivity contribution in [3.63, 3.8) is 0 Å². The molecule has 2 amide bonds. The molecule has 0 bridgehead atoms. The molecule has 0 saturated carbocycles. The second-order valence-electron chi connectivity index (χ2n) is 6.86. The standard InChI is InChI=1S/C20H25FN4O2S/c1-3-17-14(2)28-20(22-17)23-18(26)13-24-8-5-9-25(11-10-24)19(27)15-6-4-7-16(21)12-15/h4,6-7,12H,3,5,8-11,13H2,1-2H3,(H,22,23,26). The summed E-state index contributed by atoms with van der Waals surface area (Å²) in [4.78, 5) is 34.3. The summed E-state index contributed by atoms with van der Waals surface area (Å²) in [5, 5.41) is 3.51. The second-order valence-corrected chi connectivity index (χ2v) is 8.06. The van der Waals surface area contributed by atoms with Gasteiger partial charge in [0.05, 0.1) is 12.2 Å². The summed E-state index contributed by atoms with van der Waals surface area (Å²) in [6, 6.07) is 5.76. The van der Waals surface area contributed by atoms with Crippen molar-refractivity contribution in [1.82, 2.24) is 14.8 Å². The lowest BCUT2D eigenvalue weighted by Crippen LogP contribution is -2.38. The molecule has 6 nitrogen and oxygen atoms in total. The Hall–Kier alpha value is -2.32. The molecule has 3 rings (SSSR count). The van der Waals surface area contributed by atoms with Gasteiger partial charge >= 0.3 is 0 Å². The molecule has 0 spiro atoms. The third kappa shape index (κ3) is 5.14. The summed E-state index contributed by atoms with van der Waals surface area (Å²) in [5.74, 6) is -0.680. The SMILES string of the molecule is CCc1nc(NC(=O)CN2CCCN(C(=O)c3cccc(F)c3)CC2)sc1C. The lowest BCUT2D eigenvalue weighted by atomic mass is 10.2. The Morgan fingerprint density at radius 2 is 2.07 bits per heavy atom. The molecule has 1 aromatic carbocycles. The second kappa shape index (κ2) is 9.25. The van der Waals surface area contributed by atoms with Crippen molar-refractivity contribution in [3.05, 3.63) is 46.2 Å². The fourth-order valence-electron chi connectivity index (χ4n) is 3.31.